The van der Waals surface area contributed by atoms with Gasteiger partial charge in [0.1, 0.15) is 23.7 Å². The molecule has 0 amide bonds. The van der Waals surface area contributed by atoms with E-state index in [1.54, 1.807) is 0 Å². The van der Waals surface area contributed by atoms with E-state index in [4.69, 9.17) is 0 Å². The Balaban J connectivity index is 2.41. The minimum absolute atomic E-state index is 0.170. The fourth-order valence-electron chi connectivity index (χ4n) is 6.61. The first-order valence-electron chi connectivity index (χ1n) is 10.5. The fourth-order valence-corrected chi connectivity index (χ4v) is 6.61. The molecule has 2 fully saturated rings. The van der Waals surface area contributed by atoms with E-state index in [1.165, 1.54) is 0 Å². The lowest BCUT2D eigenvalue weighted by atomic mass is 9.53. The molecule has 0 bridgehead atoms. The number of carbonyl (C=O) groups is 6. The summed E-state index contributed by atoms with van der Waals surface area (Å²) in [4.78, 5) is 75.7. The van der Waals surface area contributed by atoms with Gasteiger partial charge in [-0.15, -0.1) is 11.8 Å². The molecule has 0 heterocycles. The Morgan fingerprint density at radius 2 is 0.875 bits per heavy atom. The molecular formula is C22H24O10. The number of carboxylic acids is 4. The maximum atomic E-state index is 13.2. The number of carbonyl (C=O) groups excluding carboxylic acids is 2. The van der Waals surface area contributed by atoms with Gasteiger partial charge in [0.15, 0.2) is 11.6 Å². The molecule has 0 spiro atoms. The molecule has 4 unspecified atom stereocenters. The summed E-state index contributed by atoms with van der Waals surface area (Å²) >= 11 is 0. The van der Waals surface area contributed by atoms with Gasteiger partial charge in [0.25, 0.3) is 0 Å². The number of aliphatic carboxylic acids is 4. The molecule has 0 aromatic heterocycles. The molecule has 3 rings (SSSR count). The number of hydrogen-bond donors (Lipinski definition) is 4. The lowest BCUT2D eigenvalue weighted by Gasteiger charge is -2.46. The predicted octanol–water partition coefficient (Wildman–Crippen LogP) is 1.07. The molecule has 4 atom stereocenters. The van der Waals surface area contributed by atoms with Gasteiger partial charge in [-0.25, -0.2) is 0 Å². The Bertz CT molecular complexity index is 829. The van der Waals surface area contributed by atoms with Gasteiger partial charge >= 0.3 is 23.9 Å². The monoisotopic (exact) mass is 448 g/mol. The van der Waals surface area contributed by atoms with Crippen molar-refractivity contribution in [1.82, 2.24) is 0 Å². The van der Waals surface area contributed by atoms with Gasteiger partial charge in [-0.1, -0.05) is 12.8 Å². The smallest absolute Gasteiger partial charge is 0.314 e. The zero-order chi connectivity index (χ0) is 23.8. The van der Waals surface area contributed by atoms with Crippen LogP contribution in [-0.2, 0) is 28.8 Å². The summed E-state index contributed by atoms with van der Waals surface area (Å²) in [5, 5.41) is 39.9. The summed E-state index contributed by atoms with van der Waals surface area (Å²) in [7, 11) is 0. The fraction of sp³-hybridized carbons (Fsp3) is 0.636. The largest absolute Gasteiger partial charge is 0.481 e. The zero-order valence-corrected chi connectivity index (χ0v) is 17.2. The molecule has 172 valence electrons. The van der Waals surface area contributed by atoms with Crippen molar-refractivity contribution in [3.63, 3.8) is 0 Å². The predicted molar refractivity (Wildman–Crippen MR) is 104 cm³/mol. The van der Waals surface area contributed by atoms with Gasteiger partial charge in [0.05, 0.1) is 0 Å². The highest BCUT2D eigenvalue weighted by molar-refractivity contribution is 6.19. The number of Topliss-reactive ketones (excluding diaryl/α,β-unsaturated/α-hetero) is 2. The normalized spacial score (nSPS) is 37.1. The highest BCUT2D eigenvalue weighted by Crippen LogP contribution is 2.73. The highest BCUT2D eigenvalue weighted by atomic mass is 16.4. The molecule has 3 aliphatic carbocycles. The Morgan fingerprint density at radius 3 is 1.12 bits per heavy atom. The van der Waals surface area contributed by atoms with E-state index in [9.17, 15) is 49.2 Å². The second-order valence-electron chi connectivity index (χ2n) is 8.74. The Morgan fingerprint density at radius 1 is 0.594 bits per heavy atom. The van der Waals surface area contributed by atoms with Gasteiger partial charge in [0.2, 0.25) is 0 Å². The van der Waals surface area contributed by atoms with Crippen LogP contribution in [0.4, 0.5) is 0 Å². The summed E-state index contributed by atoms with van der Waals surface area (Å²) in [5.41, 5.74) is -4.31. The van der Waals surface area contributed by atoms with E-state index >= 15 is 0 Å². The molecule has 10 heteroatoms. The van der Waals surface area contributed by atoms with E-state index in [2.05, 4.69) is 11.8 Å². The zero-order valence-electron chi connectivity index (χ0n) is 17.2. The van der Waals surface area contributed by atoms with Crippen molar-refractivity contribution in [3.8, 4) is 11.8 Å². The second kappa shape index (κ2) is 8.37. The Hall–Kier alpha value is -3.22. The topological polar surface area (TPSA) is 183 Å². The van der Waals surface area contributed by atoms with Gasteiger partial charge < -0.3 is 20.4 Å². The first kappa shape index (κ1) is 23.4. The van der Waals surface area contributed by atoms with Crippen LogP contribution in [0.2, 0.25) is 0 Å². The minimum atomic E-state index is -2.16. The lowest BCUT2D eigenvalue weighted by Crippen LogP contribution is -2.51. The van der Waals surface area contributed by atoms with Crippen LogP contribution in [0, 0.1) is 46.3 Å². The molecule has 0 aromatic rings. The standard InChI is InChI=1S/C22H24O10/c23-15-11(17(25)26)21-9-7-5-3-1-2-4-6-8-10-22(21,13(15)19(29)30)14(20(31)32)16(24)12(21)18(27)28/h11-14H,3-10H2,(H,25,26)(H,27,28)(H,29,30)(H,31,32). The van der Waals surface area contributed by atoms with E-state index < -0.39 is 69.9 Å². The van der Waals surface area contributed by atoms with Gasteiger partial charge in [-0.2, -0.15) is 0 Å². The highest BCUT2D eigenvalue weighted by Gasteiger charge is 2.84. The molecule has 32 heavy (non-hydrogen) atoms. The van der Waals surface area contributed by atoms with Crippen molar-refractivity contribution in [3.05, 3.63) is 0 Å². The summed E-state index contributed by atoms with van der Waals surface area (Å²) < 4.78 is 0. The molecular weight excluding hydrogens is 424 g/mol. The van der Waals surface area contributed by atoms with Gasteiger partial charge in [-0.05, 0) is 25.7 Å². The number of carboxylic acid groups (broad SMARTS) is 4. The van der Waals surface area contributed by atoms with Crippen LogP contribution in [0.25, 0.3) is 0 Å². The Kier molecular flexibility index (Phi) is 6.13. The van der Waals surface area contributed by atoms with E-state index in [0.29, 0.717) is 25.7 Å². The first-order valence-corrected chi connectivity index (χ1v) is 10.5. The van der Waals surface area contributed by atoms with E-state index in [-0.39, 0.29) is 25.7 Å². The van der Waals surface area contributed by atoms with Crippen LogP contribution in [0.3, 0.4) is 0 Å². The first-order chi connectivity index (χ1) is 15.1. The maximum absolute atomic E-state index is 13.2. The third kappa shape index (κ3) is 3.02. The van der Waals surface area contributed by atoms with Crippen molar-refractivity contribution in [2.45, 2.75) is 51.4 Å². The third-order valence-corrected chi connectivity index (χ3v) is 7.46. The lowest BCUT2D eigenvalue weighted by molar-refractivity contribution is -0.167. The van der Waals surface area contributed by atoms with Gasteiger partial charge in [-0.3, -0.25) is 28.8 Å². The number of rotatable bonds is 4. The Labute approximate surface area is 183 Å². The van der Waals surface area contributed by atoms with Crippen LogP contribution in [0.1, 0.15) is 51.4 Å². The SMILES string of the molecule is O=C(O)C1C(=O)C(C(=O)O)C23CCCCC#CCCCCC12C(C(=O)O)C(=O)C3C(=O)O. The van der Waals surface area contributed by atoms with Crippen LogP contribution in [0.5, 0.6) is 0 Å². The molecule has 3 aliphatic rings. The molecule has 10 nitrogen and oxygen atoms in total. The summed E-state index contributed by atoms with van der Waals surface area (Å²) in [6.45, 7) is 0. The number of ketones is 2. The minimum Gasteiger partial charge on any atom is -0.481 e. The average molecular weight is 448 g/mol. The van der Waals surface area contributed by atoms with Crippen LogP contribution in [-0.4, -0.2) is 55.9 Å². The van der Waals surface area contributed by atoms with E-state index in [1.807, 2.05) is 0 Å². The van der Waals surface area contributed by atoms with Crippen molar-refractivity contribution in [2.24, 2.45) is 34.5 Å². The van der Waals surface area contributed by atoms with Crippen LogP contribution < -0.4 is 0 Å². The van der Waals surface area contributed by atoms with Crippen molar-refractivity contribution < 1.29 is 49.2 Å². The van der Waals surface area contributed by atoms with Crippen molar-refractivity contribution >= 4 is 35.4 Å². The molecule has 4 N–H and O–H groups in total. The summed E-state index contributed by atoms with van der Waals surface area (Å²) in [5.74, 6) is -11.9. The molecule has 0 radical (unpaired) electrons. The van der Waals surface area contributed by atoms with E-state index in [0.717, 1.165) is 0 Å². The summed E-state index contributed by atoms with van der Waals surface area (Å²) in [6.07, 6.45) is 1.45. The molecule has 0 aliphatic heterocycles. The van der Waals surface area contributed by atoms with Crippen LogP contribution in [0.15, 0.2) is 0 Å². The second-order valence-corrected chi connectivity index (χ2v) is 8.74. The van der Waals surface area contributed by atoms with Gasteiger partial charge in [0, 0.05) is 23.7 Å². The maximum Gasteiger partial charge on any atom is 0.314 e. The van der Waals surface area contributed by atoms with Crippen molar-refractivity contribution in [2.75, 3.05) is 0 Å². The number of hydrogen-bond acceptors (Lipinski definition) is 6. The average Bonchev–Trinajstić information content (AvgIpc) is 2.99. The molecule has 0 saturated heterocycles. The molecule has 2 saturated carbocycles. The third-order valence-electron chi connectivity index (χ3n) is 7.46. The summed E-state index contributed by atoms with van der Waals surface area (Å²) in [6, 6.07) is 0. The molecule has 0 aromatic carbocycles. The van der Waals surface area contributed by atoms with Crippen molar-refractivity contribution in [1.29, 1.82) is 0 Å². The van der Waals surface area contributed by atoms with Crippen LogP contribution >= 0.6 is 0 Å². The quantitative estimate of drug-likeness (QED) is 0.358.